The fraction of sp³-hybridized carbons (Fsp3) is 0.577. The van der Waals surface area contributed by atoms with Gasteiger partial charge in [0, 0.05) is 49.2 Å². The monoisotopic (exact) mass is 495 g/mol. The third kappa shape index (κ3) is 6.10. The molecule has 0 saturated carbocycles. The lowest BCUT2D eigenvalue weighted by atomic mass is 9.81. The number of allylic oxidation sites excluding steroid dienone is 2. The van der Waals surface area contributed by atoms with E-state index in [9.17, 15) is 4.79 Å². The maximum atomic E-state index is 12.7. The number of morpholine rings is 1. The van der Waals surface area contributed by atoms with Crippen LogP contribution in [-0.2, 0) is 9.47 Å². The molecule has 2 N–H and O–H groups in total. The summed E-state index contributed by atoms with van der Waals surface area (Å²) >= 11 is 0. The van der Waals surface area contributed by atoms with Crippen LogP contribution in [-0.4, -0.2) is 76.1 Å². The summed E-state index contributed by atoms with van der Waals surface area (Å²) < 4.78 is 11.1. The minimum Gasteiger partial charge on any atom is -0.444 e. The van der Waals surface area contributed by atoms with Crippen LogP contribution >= 0.6 is 0 Å². The lowest BCUT2D eigenvalue weighted by Crippen LogP contribution is -2.54. The second-order valence-electron chi connectivity index (χ2n) is 10.9. The molecule has 0 bridgehead atoms. The molecule has 2 aliphatic rings. The van der Waals surface area contributed by atoms with Crippen molar-refractivity contribution in [1.82, 2.24) is 19.9 Å². The van der Waals surface area contributed by atoms with Crippen molar-refractivity contribution in [2.24, 2.45) is 16.6 Å². The van der Waals surface area contributed by atoms with Crippen LogP contribution in [0.1, 0.15) is 47.5 Å². The molecule has 2 saturated heterocycles. The standard InChI is InChI=1S/C26H37N7O3/c1-25(2,3)36-24(34)33-12-9-18(17-26(33,4)5)19(27)8-11-29-23-30-20-7-6-10-28-21(20)22(31-23)32-13-15-35-16-14-32/h6-8,10-11,18H,9,12-17,27H2,1-5H3. The van der Waals surface area contributed by atoms with Crippen molar-refractivity contribution in [1.29, 1.82) is 0 Å². The topological polar surface area (TPSA) is 119 Å². The molecule has 2 aromatic heterocycles. The maximum Gasteiger partial charge on any atom is 0.410 e. The molecular formula is C26H37N7O3. The number of piperidine rings is 1. The van der Waals surface area contributed by atoms with Crippen molar-refractivity contribution in [3.05, 3.63) is 30.1 Å². The molecule has 4 heterocycles. The number of likely N-dealkylation sites (tertiary alicyclic amines) is 1. The minimum absolute atomic E-state index is 0.135. The van der Waals surface area contributed by atoms with Gasteiger partial charge in [0.25, 0.3) is 5.95 Å². The summed E-state index contributed by atoms with van der Waals surface area (Å²) in [6, 6.07) is 3.77. The van der Waals surface area contributed by atoms with Crippen LogP contribution in [0.4, 0.5) is 16.6 Å². The molecule has 1 amide bonds. The van der Waals surface area contributed by atoms with Gasteiger partial charge in [-0.2, -0.15) is 4.98 Å². The van der Waals surface area contributed by atoms with E-state index in [-0.39, 0.29) is 17.6 Å². The van der Waals surface area contributed by atoms with Gasteiger partial charge in [-0.15, -0.1) is 0 Å². The summed E-state index contributed by atoms with van der Waals surface area (Å²) in [4.78, 5) is 34.9. The molecule has 0 radical (unpaired) electrons. The Kier molecular flexibility index (Phi) is 7.44. The molecule has 0 aromatic carbocycles. The first-order valence-corrected chi connectivity index (χ1v) is 12.5. The highest BCUT2D eigenvalue weighted by molar-refractivity contribution is 5.87. The number of amides is 1. The molecule has 1 unspecified atom stereocenters. The number of ether oxygens (including phenoxy) is 2. The third-order valence-electron chi connectivity index (χ3n) is 6.46. The summed E-state index contributed by atoms with van der Waals surface area (Å²) in [5.74, 6) is 1.26. The van der Waals surface area contributed by atoms with E-state index in [1.165, 1.54) is 0 Å². The second kappa shape index (κ2) is 10.4. The van der Waals surface area contributed by atoms with Crippen LogP contribution in [0.3, 0.4) is 0 Å². The van der Waals surface area contributed by atoms with Crippen LogP contribution in [0, 0.1) is 5.92 Å². The smallest absolute Gasteiger partial charge is 0.410 e. The first kappa shape index (κ1) is 25.8. The fourth-order valence-electron chi connectivity index (χ4n) is 4.66. The number of anilines is 1. The van der Waals surface area contributed by atoms with Gasteiger partial charge >= 0.3 is 6.09 Å². The van der Waals surface area contributed by atoms with E-state index in [1.54, 1.807) is 17.3 Å². The maximum absolute atomic E-state index is 12.7. The van der Waals surface area contributed by atoms with Gasteiger partial charge in [-0.1, -0.05) is 0 Å². The number of aromatic nitrogens is 3. The zero-order valence-electron chi connectivity index (χ0n) is 21.9. The Morgan fingerprint density at radius 2 is 2.00 bits per heavy atom. The van der Waals surface area contributed by atoms with E-state index in [0.717, 1.165) is 48.5 Å². The van der Waals surface area contributed by atoms with Gasteiger partial charge in [0.2, 0.25) is 0 Å². The number of hydrogen-bond donors (Lipinski definition) is 1. The summed E-state index contributed by atoms with van der Waals surface area (Å²) in [5, 5.41) is 0. The Bertz CT molecular complexity index is 1150. The molecule has 36 heavy (non-hydrogen) atoms. The van der Waals surface area contributed by atoms with Gasteiger partial charge in [0.05, 0.1) is 18.7 Å². The number of carbonyl (C=O) groups excluding carboxylic acids is 1. The largest absolute Gasteiger partial charge is 0.444 e. The third-order valence-corrected chi connectivity index (χ3v) is 6.46. The number of aliphatic imine (C=N–C) groups is 1. The van der Waals surface area contributed by atoms with E-state index in [0.29, 0.717) is 25.7 Å². The number of nitrogens with zero attached hydrogens (tertiary/aromatic N) is 6. The number of rotatable bonds is 4. The Balaban J connectivity index is 1.48. The molecule has 0 aliphatic carbocycles. The Morgan fingerprint density at radius 3 is 2.69 bits per heavy atom. The van der Waals surface area contributed by atoms with Gasteiger partial charge in [-0.05, 0) is 65.7 Å². The molecule has 2 fully saturated rings. The van der Waals surface area contributed by atoms with Crippen LogP contribution in [0.15, 0.2) is 35.1 Å². The van der Waals surface area contributed by atoms with Crippen LogP contribution in [0.2, 0.25) is 0 Å². The number of nitrogens with two attached hydrogens (primary N) is 1. The molecule has 1 atom stereocenters. The molecule has 10 nitrogen and oxygen atoms in total. The Hall–Kier alpha value is -3.27. The Morgan fingerprint density at radius 1 is 1.25 bits per heavy atom. The fourth-order valence-corrected chi connectivity index (χ4v) is 4.66. The highest BCUT2D eigenvalue weighted by Gasteiger charge is 2.40. The van der Waals surface area contributed by atoms with Crippen molar-refractivity contribution in [3.8, 4) is 0 Å². The minimum atomic E-state index is -0.526. The van der Waals surface area contributed by atoms with E-state index in [1.807, 2.05) is 39.0 Å². The quantitative estimate of drug-likeness (QED) is 0.636. The molecule has 0 spiro atoms. The van der Waals surface area contributed by atoms with E-state index < -0.39 is 5.60 Å². The van der Waals surface area contributed by atoms with Gasteiger partial charge in [0.15, 0.2) is 5.82 Å². The number of carbonyl (C=O) groups is 1. The molecule has 2 aliphatic heterocycles. The van der Waals surface area contributed by atoms with Crippen LogP contribution < -0.4 is 10.6 Å². The molecular weight excluding hydrogens is 458 g/mol. The van der Waals surface area contributed by atoms with Crippen molar-refractivity contribution in [2.45, 2.75) is 58.6 Å². The van der Waals surface area contributed by atoms with Gasteiger partial charge in [0.1, 0.15) is 11.1 Å². The second-order valence-corrected chi connectivity index (χ2v) is 10.9. The van der Waals surface area contributed by atoms with E-state index >= 15 is 0 Å². The highest BCUT2D eigenvalue weighted by Crippen LogP contribution is 2.35. The summed E-state index contributed by atoms with van der Waals surface area (Å²) in [5.41, 5.74) is 7.79. The summed E-state index contributed by atoms with van der Waals surface area (Å²) in [6.07, 6.45) is 6.43. The number of hydrogen-bond acceptors (Lipinski definition) is 9. The molecule has 2 aromatic rings. The van der Waals surface area contributed by atoms with Gasteiger partial charge in [-0.25, -0.2) is 14.8 Å². The molecule has 194 valence electrons. The normalized spacial score (nSPS) is 21.2. The first-order valence-electron chi connectivity index (χ1n) is 12.5. The molecule has 10 heteroatoms. The van der Waals surface area contributed by atoms with Crippen molar-refractivity contribution >= 4 is 35.1 Å². The van der Waals surface area contributed by atoms with Crippen LogP contribution in [0.25, 0.3) is 11.0 Å². The van der Waals surface area contributed by atoms with Crippen molar-refractivity contribution in [2.75, 3.05) is 37.7 Å². The van der Waals surface area contributed by atoms with Crippen molar-refractivity contribution < 1.29 is 14.3 Å². The number of pyridine rings is 1. The zero-order chi connectivity index (χ0) is 25.9. The average molecular weight is 496 g/mol. The first-order chi connectivity index (χ1) is 17.0. The number of fused-ring (bicyclic) bond motifs is 1. The Labute approximate surface area is 212 Å². The van der Waals surface area contributed by atoms with Crippen molar-refractivity contribution in [3.63, 3.8) is 0 Å². The predicted octanol–water partition coefficient (Wildman–Crippen LogP) is 3.83. The van der Waals surface area contributed by atoms with E-state index in [4.69, 9.17) is 15.2 Å². The van der Waals surface area contributed by atoms with Gasteiger partial charge < -0.3 is 25.0 Å². The van der Waals surface area contributed by atoms with Gasteiger partial charge in [-0.3, -0.25) is 4.98 Å². The highest BCUT2D eigenvalue weighted by atomic mass is 16.6. The zero-order valence-corrected chi connectivity index (χ0v) is 21.9. The molecule has 4 rings (SSSR count). The predicted molar refractivity (Wildman–Crippen MR) is 141 cm³/mol. The average Bonchev–Trinajstić information content (AvgIpc) is 2.82. The SMILES string of the molecule is CC(C)(C)OC(=O)N1CCC(C(N)=CC=Nc2nc(N3CCOCC3)c3ncccc3n2)CC1(C)C. The van der Waals surface area contributed by atoms with Crippen LogP contribution in [0.5, 0.6) is 0 Å². The lowest BCUT2D eigenvalue weighted by Gasteiger charge is -2.45. The summed E-state index contributed by atoms with van der Waals surface area (Å²) in [7, 11) is 0. The summed E-state index contributed by atoms with van der Waals surface area (Å²) in [6.45, 7) is 13.1. The van der Waals surface area contributed by atoms with E-state index in [2.05, 4.69) is 38.7 Å². The lowest BCUT2D eigenvalue weighted by molar-refractivity contribution is -0.0121.